The second-order valence-electron chi connectivity index (χ2n) is 6.53. The molecule has 0 saturated carbocycles. The molecule has 0 aliphatic rings. The number of carbonyl (C=O) groups is 1. The van der Waals surface area contributed by atoms with Crippen molar-refractivity contribution in [2.45, 2.75) is 13.5 Å². The minimum Gasteiger partial charge on any atom is -0.497 e. The number of hydrogen-bond acceptors (Lipinski definition) is 6. The van der Waals surface area contributed by atoms with Gasteiger partial charge in [0.15, 0.2) is 0 Å². The van der Waals surface area contributed by atoms with Crippen molar-refractivity contribution in [3.8, 4) is 28.5 Å². The molecule has 1 heterocycles. The summed E-state index contributed by atoms with van der Waals surface area (Å²) in [5.41, 5.74) is 2.28. The SMILES string of the molecule is COc1ccc(-c2ccc(=O)n(CC(=O)Nc3cc(C)ccc3OC)n2)c(OC)c1. The number of nitrogens with zero attached hydrogens (tertiary/aromatic N) is 2. The average molecular weight is 409 g/mol. The van der Waals surface area contributed by atoms with Crippen LogP contribution in [0.25, 0.3) is 11.3 Å². The topological polar surface area (TPSA) is 91.7 Å². The van der Waals surface area contributed by atoms with Crippen LogP contribution in [0.2, 0.25) is 0 Å². The zero-order chi connectivity index (χ0) is 21.7. The van der Waals surface area contributed by atoms with Crippen molar-refractivity contribution in [2.24, 2.45) is 0 Å². The largest absolute Gasteiger partial charge is 0.497 e. The highest BCUT2D eigenvalue weighted by Gasteiger charge is 2.13. The molecule has 0 aliphatic heterocycles. The number of nitrogens with one attached hydrogen (secondary N) is 1. The molecule has 8 nitrogen and oxygen atoms in total. The molecule has 0 bridgehead atoms. The quantitative estimate of drug-likeness (QED) is 0.645. The van der Waals surface area contributed by atoms with Gasteiger partial charge in [0.05, 0.1) is 32.7 Å². The third kappa shape index (κ3) is 4.60. The maximum atomic E-state index is 12.6. The van der Waals surface area contributed by atoms with Crippen LogP contribution in [0.1, 0.15) is 5.56 Å². The first-order chi connectivity index (χ1) is 14.4. The zero-order valence-electron chi connectivity index (χ0n) is 17.3. The van der Waals surface area contributed by atoms with E-state index in [1.807, 2.05) is 13.0 Å². The Kier molecular flexibility index (Phi) is 6.36. The van der Waals surface area contributed by atoms with Crippen molar-refractivity contribution in [3.63, 3.8) is 0 Å². The van der Waals surface area contributed by atoms with Gasteiger partial charge in [0.25, 0.3) is 5.56 Å². The highest BCUT2D eigenvalue weighted by atomic mass is 16.5. The van der Waals surface area contributed by atoms with E-state index in [9.17, 15) is 9.59 Å². The first-order valence-electron chi connectivity index (χ1n) is 9.20. The van der Waals surface area contributed by atoms with Gasteiger partial charge >= 0.3 is 0 Å². The number of anilines is 1. The molecule has 0 atom stereocenters. The molecule has 0 aliphatic carbocycles. The minimum atomic E-state index is -0.396. The number of amides is 1. The van der Waals surface area contributed by atoms with Gasteiger partial charge < -0.3 is 19.5 Å². The van der Waals surface area contributed by atoms with Gasteiger partial charge in [-0.25, -0.2) is 4.68 Å². The molecule has 0 saturated heterocycles. The fourth-order valence-electron chi connectivity index (χ4n) is 2.96. The zero-order valence-corrected chi connectivity index (χ0v) is 17.3. The van der Waals surface area contributed by atoms with E-state index in [2.05, 4.69) is 10.4 Å². The lowest BCUT2D eigenvalue weighted by Crippen LogP contribution is -2.29. The molecule has 3 rings (SSSR count). The van der Waals surface area contributed by atoms with E-state index in [1.54, 1.807) is 43.5 Å². The number of aryl methyl sites for hydroxylation is 1. The third-order valence-electron chi connectivity index (χ3n) is 4.47. The summed E-state index contributed by atoms with van der Waals surface area (Å²) >= 11 is 0. The van der Waals surface area contributed by atoms with E-state index in [-0.39, 0.29) is 6.54 Å². The highest BCUT2D eigenvalue weighted by molar-refractivity contribution is 5.92. The minimum absolute atomic E-state index is 0.248. The van der Waals surface area contributed by atoms with E-state index >= 15 is 0 Å². The molecule has 1 amide bonds. The van der Waals surface area contributed by atoms with Gasteiger partial charge in [-0.2, -0.15) is 5.10 Å². The fourth-order valence-corrected chi connectivity index (χ4v) is 2.96. The smallest absolute Gasteiger partial charge is 0.267 e. The molecule has 0 unspecified atom stereocenters. The summed E-state index contributed by atoms with van der Waals surface area (Å²) < 4.78 is 17.0. The van der Waals surface area contributed by atoms with E-state index in [0.29, 0.717) is 34.2 Å². The summed E-state index contributed by atoms with van der Waals surface area (Å²) in [6.45, 7) is 1.66. The van der Waals surface area contributed by atoms with Gasteiger partial charge in [-0.15, -0.1) is 0 Å². The van der Waals surface area contributed by atoms with Crippen LogP contribution in [0.4, 0.5) is 5.69 Å². The normalized spacial score (nSPS) is 10.4. The number of aromatic nitrogens is 2. The molecule has 0 fully saturated rings. The van der Waals surface area contributed by atoms with Crippen LogP contribution in [-0.2, 0) is 11.3 Å². The first kappa shape index (κ1) is 20.9. The van der Waals surface area contributed by atoms with E-state index in [1.165, 1.54) is 20.3 Å². The Morgan fingerprint density at radius 3 is 2.43 bits per heavy atom. The molecule has 1 aromatic heterocycles. The van der Waals surface area contributed by atoms with E-state index < -0.39 is 11.5 Å². The Morgan fingerprint density at radius 1 is 0.967 bits per heavy atom. The van der Waals surface area contributed by atoms with Crippen LogP contribution in [0.5, 0.6) is 17.2 Å². The Bertz CT molecular complexity index is 1120. The van der Waals surface area contributed by atoms with Gasteiger partial charge in [-0.1, -0.05) is 6.07 Å². The van der Waals surface area contributed by atoms with Crippen molar-refractivity contribution in [1.82, 2.24) is 9.78 Å². The predicted molar refractivity (Wildman–Crippen MR) is 113 cm³/mol. The highest BCUT2D eigenvalue weighted by Crippen LogP contribution is 2.31. The van der Waals surface area contributed by atoms with Gasteiger partial charge in [0, 0.05) is 17.7 Å². The first-order valence-corrected chi connectivity index (χ1v) is 9.20. The second-order valence-corrected chi connectivity index (χ2v) is 6.53. The molecular formula is C22H23N3O5. The van der Waals surface area contributed by atoms with Gasteiger partial charge in [0.2, 0.25) is 5.91 Å². The number of hydrogen-bond donors (Lipinski definition) is 1. The fraction of sp³-hybridized carbons (Fsp3) is 0.227. The number of benzene rings is 2. The maximum Gasteiger partial charge on any atom is 0.267 e. The van der Waals surface area contributed by atoms with Crippen LogP contribution in [0, 0.1) is 6.92 Å². The molecule has 2 aromatic carbocycles. The van der Waals surface area contributed by atoms with E-state index in [0.717, 1.165) is 10.2 Å². The van der Waals surface area contributed by atoms with E-state index in [4.69, 9.17) is 14.2 Å². The molecule has 8 heteroatoms. The molecule has 30 heavy (non-hydrogen) atoms. The molecule has 1 N–H and O–H groups in total. The number of ether oxygens (including phenoxy) is 3. The lowest BCUT2D eigenvalue weighted by molar-refractivity contribution is -0.117. The molecule has 156 valence electrons. The Labute approximate surface area is 174 Å². The summed E-state index contributed by atoms with van der Waals surface area (Å²) in [7, 11) is 4.63. The number of carbonyl (C=O) groups excluding carboxylic acids is 1. The van der Waals surface area contributed by atoms with Gasteiger partial charge in [-0.05, 0) is 42.8 Å². The number of methoxy groups -OCH3 is 3. The lowest BCUT2D eigenvalue weighted by atomic mass is 10.1. The third-order valence-corrected chi connectivity index (χ3v) is 4.47. The van der Waals surface area contributed by atoms with Crippen molar-refractivity contribution in [1.29, 1.82) is 0 Å². The van der Waals surface area contributed by atoms with Crippen LogP contribution in [0.15, 0.2) is 53.3 Å². The summed E-state index contributed by atoms with van der Waals surface area (Å²) in [6, 6.07) is 13.7. The summed E-state index contributed by atoms with van der Waals surface area (Å²) in [5, 5.41) is 7.11. The molecule has 0 radical (unpaired) electrons. The Balaban J connectivity index is 1.87. The predicted octanol–water partition coefficient (Wildman–Crippen LogP) is 2.88. The summed E-state index contributed by atoms with van der Waals surface area (Å²) in [6.07, 6.45) is 0. The Morgan fingerprint density at radius 2 is 1.73 bits per heavy atom. The number of rotatable bonds is 7. The van der Waals surface area contributed by atoms with Crippen molar-refractivity contribution < 1.29 is 19.0 Å². The van der Waals surface area contributed by atoms with Gasteiger partial charge in [-0.3, -0.25) is 9.59 Å². The second kappa shape index (κ2) is 9.13. The molecule has 0 spiro atoms. The van der Waals surface area contributed by atoms with Crippen LogP contribution in [-0.4, -0.2) is 37.0 Å². The average Bonchev–Trinajstić information content (AvgIpc) is 2.75. The van der Waals surface area contributed by atoms with Crippen LogP contribution < -0.4 is 25.1 Å². The van der Waals surface area contributed by atoms with Gasteiger partial charge in [0.1, 0.15) is 23.8 Å². The molecule has 3 aromatic rings. The monoisotopic (exact) mass is 409 g/mol. The van der Waals surface area contributed by atoms with Crippen molar-refractivity contribution in [3.05, 3.63) is 64.4 Å². The van der Waals surface area contributed by atoms with Crippen molar-refractivity contribution >= 4 is 11.6 Å². The summed E-state index contributed by atoms with van der Waals surface area (Å²) in [5.74, 6) is 1.31. The maximum absolute atomic E-state index is 12.6. The van der Waals surface area contributed by atoms with Crippen molar-refractivity contribution in [2.75, 3.05) is 26.6 Å². The van der Waals surface area contributed by atoms with Crippen LogP contribution >= 0.6 is 0 Å². The lowest BCUT2D eigenvalue weighted by Gasteiger charge is -2.13. The molecular weight excluding hydrogens is 386 g/mol. The summed E-state index contributed by atoms with van der Waals surface area (Å²) in [4.78, 5) is 24.8. The standard InChI is InChI=1S/C22H23N3O5/c1-14-5-9-19(29-3)18(11-14)23-21(26)13-25-22(27)10-8-17(24-25)16-7-6-15(28-2)12-20(16)30-4/h5-12H,13H2,1-4H3,(H,23,26). The Hall–Kier alpha value is -3.81. The van der Waals surface area contributed by atoms with Crippen LogP contribution in [0.3, 0.4) is 0 Å².